The van der Waals surface area contributed by atoms with E-state index in [4.69, 9.17) is 22.1 Å². The largest absolute Gasteiger partial charge is 0.491 e. The Hall–Kier alpha value is -3.53. The first-order valence-corrected chi connectivity index (χ1v) is 10.3. The highest BCUT2D eigenvalue weighted by Crippen LogP contribution is 2.44. The van der Waals surface area contributed by atoms with E-state index < -0.39 is 17.8 Å². The van der Waals surface area contributed by atoms with Gasteiger partial charge in [-0.05, 0) is 30.3 Å². The molecule has 1 aliphatic rings. The van der Waals surface area contributed by atoms with E-state index >= 15 is 0 Å². The molecule has 2 aromatic heterocycles. The van der Waals surface area contributed by atoms with Gasteiger partial charge in [-0.15, -0.1) is 0 Å². The van der Waals surface area contributed by atoms with Crippen molar-refractivity contribution in [1.82, 2.24) is 19.7 Å². The van der Waals surface area contributed by atoms with Crippen molar-refractivity contribution >= 4 is 45.1 Å². The van der Waals surface area contributed by atoms with Crippen LogP contribution >= 0.6 is 11.6 Å². The lowest BCUT2D eigenvalue weighted by molar-refractivity contribution is -0.137. The van der Waals surface area contributed by atoms with Gasteiger partial charge in [0.2, 0.25) is 0 Å². The Kier molecular flexibility index (Phi) is 4.68. The number of aromatic nitrogens is 3. The predicted molar refractivity (Wildman–Crippen MR) is 117 cm³/mol. The zero-order valence-corrected chi connectivity index (χ0v) is 18.2. The van der Waals surface area contributed by atoms with Gasteiger partial charge < -0.3 is 15.4 Å². The summed E-state index contributed by atoms with van der Waals surface area (Å²) in [5.41, 5.74) is 7.20. The molecule has 0 saturated heterocycles. The maximum absolute atomic E-state index is 13.3. The molecule has 0 unspecified atom stereocenters. The van der Waals surface area contributed by atoms with Crippen LogP contribution in [-0.4, -0.2) is 39.2 Å². The van der Waals surface area contributed by atoms with E-state index in [2.05, 4.69) is 10.1 Å². The molecule has 1 amide bonds. The third-order valence-corrected chi connectivity index (χ3v) is 6.20. The van der Waals surface area contributed by atoms with Crippen LogP contribution in [0.5, 0.6) is 5.75 Å². The minimum atomic E-state index is -4.55. The number of alkyl halides is 3. The van der Waals surface area contributed by atoms with E-state index in [9.17, 15) is 18.0 Å². The van der Waals surface area contributed by atoms with Crippen molar-refractivity contribution < 1.29 is 22.7 Å². The highest BCUT2D eigenvalue weighted by atomic mass is 35.5. The maximum Gasteiger partial charge on any atom is 0.416 e. The number of halogens is 4. The first-order valence-electron chi connectivity index (χ1n) is 9.88. The van der Waals surface area contributed by atoms with Gasteiger partial charge in [0.25, 0.3) is 5.91 Å². The summed E-state index contributed by atoms with van der Waals surface area (Å²) in [6, 6.07) is 6.15. The summed E-state index contributed by atoms with van der Waals surface area (Å²) in [7, 11) is 3.33. The number of aryl methyl sites for hydroxylation is 1. The first-order chi connectivity index (χ1) is 15.6. The molecule has 0 spiro atoms. The molecule has 0 radical (unpaired) electrons. The van der Waals surface area contributed by atoms with Crippen molar-refractivity contribution in [3.63, 3.8) is 0 Å². The molecule has 7 nitrogen and oxygen atoms in total. The average molecular weight is 476 g/mol. The predicted octanol–water partition coefficient (Wildman–Crippen LogP) is 4.58. The highest BCUT2D eigenvalue weighted by Gasteiger charge is 2.38. The lowest BCUT2D eigenvalue weighted by atomic mass is 10.0. The van der Waals surface area contributed by atoms with Crippen LogP contribution in [-0.2, 0) is 13.2 Å². The van der Waals surface area contributed by atoms with Crippen LogP contribution in [0.15, 0.2) is 36.5 Å². The normalized spacial score (nSPS) is 15.6. The summed E-state index contributed by atoms with van der Waals surface area (Å²) in [6.45, 7) is -0.00372. The Balaban J connectivity index is 1.53. The van der Waals surface area contributed by atoms with Gasteiger partial charge in [0.15, 0.2) is 0 Å². The Morgan fingerprint density at radius 2 is 2.03 bits per heavy atom. The zero-order chi connectivity index (χ0) is 23.7. The second-order valence-electron chi connectivity index (χ2n) is 7.87. The number of hydrogen-bond donors (Lipinski definition) is 1. The van der Waals surface area contributed by atoms with E-state index in [1.165, 1.54) is 4.90 Å². The van der Waals surface area contributed by atoms with Crippen LogP contribution in [0.2, 0.25) is 5.02 Å². The first kappa shape index (κ1) is 21.3. The number of carbonyl (C=O) groups is 1. The molecule has 5 rings (SSSR count). The number of carbonyl (C=O) groups excluding carboxylic acids is 1. The molecule has 4 aromatic rings. The molecule has 0 saturated carbocycles. The minimum Gasteiger partial charge on any atom is -0.491 e. The minimum absolute atomic E-state index is 0.00372. The molecule has 1 aliphatic heterocycles. The highest BCUT2D eigenvalue weighted by molar-refractivity contribution is 6.31. The van der Waals surface area contributed by atoms with Gasteiger partial charge in [-0.25, -0.2) is 4.98 Å². The Labute approximate surface area is 190 Å². The number of pyridine rings is 1. The smallest absolute Gasteiger partial charge is 0.416 e. The second-order valence-corrected chi connectivity index (χ2v) is 8.28. The van der Waals surface area contributed by atoms with Crippen molar-refractivity contribution in [2.24, 2.45) is 7.05 Å². The Morgan fingerprint density at radius 1 is 1.27 bits per heavy atom. The van der Waals surface area contributed by atoms with Crippen LogP contribution in [0.1, 0.15) is 27.5 Å². The topological polar surface area (TPSA) is 86.3 Å². The molecule has 2 N–H and O–H groups in total. The third-order valence-electron chi connectivity index (χ3n) is 5.89. The van der Waals surface area contributed by atoms with Crippen molar-refractivity contribution in [3.05, 3.63) is 58.2 Å². The number of anilines is 1. The standard InChI is InChI=1S/C22H17ClF3N5O2/c1-30(16-9-33-17-7-11(22(24,25)26)6-14(23)18(16)17)21(32)10-3-4-15-12(5-10)19-13(20(27)29-15)8-28-31(19)2/h3-8,16H,9H2,1-2H3,(H2,27,29)/t16-/m1/s1. The molecule has 0 fully saturated rings. The zero-order valence-electron chi connectivity index (χ0n) is 17.4. The van der Waals surface area contributed by atoms with Gasteiger partial charge in [0, 0.05) is 30.6 Å². The summed E-state index contributed by atoms with van der Waals surface area (Å²) >= 11 is 6.19. The average Bonchev–Trinajstić information content (AvgIpc) is 3.37. The molecule has 1 atom stereocenters. The molecule has 0 bridgehead atoms. The molecule has 11 heteroatoms. The number of rotatable bonds is 2. The Bertz CT molecular complexity index is 1450. The van der Waals surface area contributed by atoms with Crippen LogP contribution in [0.4, 0.5) is 19.0 Å². The SMILES string of the molecule is CN(C(=O)c1ccc2nc(N)c3cnn(C)c3c2c1)[C@@H]1COc2cc(C(F)(F)F)cc(Cl)c21. The fourth-order valence-electron chi connectivity index (χ4n) is 4.19. The summed E-state index contributed by atoms with van der Waals surface area (Å²) in [6.07, 6.45) is -2.94. The van der Waals surface area contributed by atoms with Crippen LogP contribution < -0.4 is 10.5 Å². The van der Waals surface area contributed by atoms with Crippen molar-refractivity contribution in [3.8, 4) is 5.75 Å². The van der Waals surface area contributed by atoms with Crippen LogP contribution in [0.25, 0.3) is 21.8 Å². The van der Waals surface area contributed by atoms with E-state index in [1.807, 2.05) is 0 Å². The van der Waals surface area contributed by atoms with Gasteiger partial charge >= 0.3 is 6.18 Å². The fourth-order valence-corrected chi connectivity index (χ4v) is 4.53. The number of nitrogens with two attached hydrogens (primary N) is 1. The molecule has 3 heterocycles. The van der Waals surface area contributed by atoms with Crippen LogP contribution in [0, 0.1) is 0 Å². The number of amides is 1. The number of hydrogen-bond acceptors (Lipinski definition) is 5. The van der Waals surface area contributed by atoms with Gasteiger partial charge in [0.1, 0.15) is 18.2 Å². The fraction of sp³-hybridized carbons (Fsp3) is 0.227. The van der Waals surface area contributed by atoms with Gasteiger partial charge in [-0.3, -0.25) is 9.48 Å². The number of likely N-dealkylation sites (N-methyl/N-ethyl adjacent to an activating group) is 1. The second kappa shape index (κ2) is 7.24. The van der Waals surface area contributed by atoms with Gasteiger partial charge in [-0.2, -0.15) is 18.3 Å². The maximum atomic E-state index is 13.3. The lowest BCUT2D eigenvalue weighted by Gasteiger charge is -2.24. The van der Waals surface area contributed by atoms with E-state index in [-0.39, 0.29) is 23.3 Å². The lowest BCUT2D eigenvalue weighted by Crippen LogP contribution is -2.32. The van der Waals surface area contributed by atoms with E-state index in [0.29, 0.717) is 33.2 Å². The molecule has 2 aromatic carbocycles. The van der Waals surface area contributed by atoms with Crippen molar-refractivity contribution in [2.45, 2.75) is 12.2 Å². The number of benzene rings is 2. The number of nitrogens with zero attached hydrogens (tertiary/aromatic N) is 4. The Morgan fingerprint density at radius 3 is 2.76 bits per heavy atom. The van der Waals surface area contributed by atoms with Gasteiger partial charge in [0.05, 0.1) is 39.2 Å². The third kappa shape index (κ3) is 3.32. The molecular formula is C22H17ClF3N5O2. The molecular weight excluding hydrogens is 459 g/mol. The number of nitrogen functional groups attached to an aromatic ring is 1. The summed E-state index contributed by atoms with van der Waals surface area (Å²) in [5.74, 6) is 0.0186. The van der Waals surface area contributed by atoms with Crippen molar-refractivity contribution in [1.29, 1.82) is 0 Å². The summed E-state index contributed by atoms with van der Waals surface area (Å²) < 4.78 is 46.5. The molecule has 33 heavy (non-hydrogen) atoms. The van der Waals surface area contributed by atoms with Crippen LogP contribution in [0.3, 0.4) is 0 Å². The molecule has 170 valence electrons. The van der Waals surface area contributed by atoms with E-state index in [1.54, 1.807) is 43.2 Å². The summed E-state index contributed by atoms with van der Waals surface area (Å²) in [5, 5.41) is 5.51. The molecule has 0 aliphatic carbocycles. The number of fused-ring (bicyclic) bond motifs is 4. The summed E-state index contributed by atoms with van der Waals surface area (Å²) in [4.78, 5) is 19.1. The van der Waals surface area contributed by atoms with Gasteiger partial charge in [-0.1, -0.05) is 11.6 Å². The van der Waals surface area contributed by atoms with Crippen molar-refractivity contribution in [2.75, 3.05) is 19.4 Å². The monoisotopic (exact) mass is 475 g/mol. The van der Waals surface area contributed by atoms with E-state index in [0.717, 1.165) is 17.6 Å². The number of ether oxygens (including phenoxy) is 1. The quantitative estimate of drug-likeness (QED) is 0.458.